The molecule has 6 nitrogen and oxygen atoms in total. The molecule has 0 aromatic heterocycles. The highest BCUT2D eigenvalue weighted by Crippen LogP contribution is 2.16. The van der Waals surface area contributed by atoms with Gasteiger partial charge in [0.2, 0.25) is 0 Å². The summed E-state index contributed by atoms with van der Waals surface area (Å²) in [5.41, 5.74) is 2.16. The number of nitrogens with one attached hydrogen (secondary N) is 3. The summed E-state index contributed by atoms with van der Waals surface area (Å²) in [6.07, 6.45) is -0.597. The van der Waals surface area contributed by atoms with Crippen LogP contribution in [0.5, 0.6) is 5.75 Å². The number of halogens is 1. The molecule has 1 atom stereocenters. The zero-order valence-electron chi connectivity index (χ0n) is 13.3. The van der Waals surface area contributed by atoms with Gasteiger partial charge in [0.1, 0.15) is 5.75 Å². The van der Waals surface area contributed by atoms with Crippen LogP contribution >= 0.6 is 11.6 Å². The van der Waals surface area contributed by atoms with E-state index in [0.717, 1.165) is 11.4 Å². The average molecular weight is 350 g/mol. The highest BCUT2D eigenvalue weighted by Gasteiger charge is 2.04. The minimum absolute atomic E-state index is 0.179. The molecular weight excluding hydrogens is 330 g/mol. The number of hydrogen-bond acceptors (Lipinski definition) is 4. The number of benzene rings is 2. The Morgan fingerprint density at radius 2 is 1.54 bits per heavy atom. The smallest absolute Gasteiger partial charge is 0.323 e. The van der Waals surface area contributed by atoms with Crippen molar-refractivity contribution >= 4 is 34.7 Å². The van der Waals surface area contributed by atoms with Gasteiger partial charge in [0.05, 0.1) is 19.1 Å². The largest absolute Gasteiger partial charge is 0.497 e. The summed E-state index contributed by atoms with van der Waals surface area (Å²) in [6, 6.07) is 13.9. The van der Waals surface area contributed by atoms with E-state index in [1.54, 1.807) is 43.5 Å². The van der Waals surface area contributed by atoms with Crippen LogP contribution in [0.25, 0.3) is 0 Å². The molecule has 2 aromatic rings. The third-order valence-electron chi connectivity index (χ3n) is 3.21. The molecule has 2 rings (SSSR count). The number of urea groups is 1. The number of ether oxygens (including phenoxy) is 1. The fourth-order valence-electron chi connectivity index (χ4n) is 1.93. The van der Waals surface area contributed by atoms with Gasteiger partial charge in [0.15, 0.2) is 0 Å². The van der Waals surface area contributed by atoms with Gasteiger partial charge in [-0.15, -0.1) is 11.6 Å². The van der Waals surface area contributed by atoms with Crippen LogP contribution in [0, 0.1) is 0 Å². The predicted molar refractivity (Wildman–Crippen MR) is 97.3 cm³/mol. The van der Waals surface area contributed by atoms with Gasteiger partial charge >= 0.3 is 6.03 Å². The van der Waals surface area contributed by atoms with E-state index in [0.29, 0.717) is 17.9 Å². The van der Waals surface area contributed by atoms with Gasteiger partial charge in [0.25, 0.3) is 0 Å². The highest BCUT2D eigenvalue weighted by atomic mass is 35.5. The summed E-state index contributed by atoms with van der Waals surface area (Å²) < 4.78 is 5.07. The minimum atomic E-state index is -0.597. The molecule has 0 saturated heterocycles. The van der Waals surface area contributed by atoms with Crippen LogP contribution in [0.3, 0.4) is 0 Å². The zero-order valence-corrected chi connectivity index (χ0v) is 14.0. The maximum absolute atomic E-state index is 12.0. The van der Waals surface area contributed by atoms with Crippen molar-refractivity contribution in [2.75, 3.05) is 35.5 Å². The van der Waals surface area contributed by atoms with Gasteiger partial charge in [-0.25, -0.2) is 4.79 Å². The topological polar surface area (TPSA) is 82.6 Å². The fourth-order valence-corrected chi connectivity index (χ4v) is 2.04. The van der Waals surface area contributed by atoms with Gasteiger partial charge in [-0.05, 0) is 48.5 Å². The first-order valence-electron chi connectivity index (χ1n) is 7.40. The first-order valence-corrected chi connectivity index (χ1v) is 7.94. The lowest BCUT2D eigenvalue weighted by atomic mass is 10.2. The van der Waals surface area contributed by atoms with Gasteiger partial charge in [0, 0.05) is 23.6 Å². The minimum Gasteiger partial charge on any atom is -0.497 e. The van der Waals surface area contributed by atoms with Crippen molar-refractivity contribution in [3.8, 4) is 5.75 Å². The normalized spacial score (nSPS) is 11.5. The lowest BCUT2D eigenvalue weighted by Crippen LogP contribution is -2.21. The quantitative estimate of drug-likeness (QED) is 0.578. The molecule has 24 heavy (non-hydrogen) atoms. The number of amides is 2. The van der Waals surface area contributed by atoms with Crippen LogP contribution in [0.2, 0.25) is 0 Å². The number of anilines is 3. The van der Waals surface area contributed by atoms with E-state index in [4.69, 9.17) is 16.3 Å². The molecule has 0 saturated carbocycles. The number of aliphatic hydroxyl groups is 1. The Hall–Kier alpha value is -2.44. The second-order valence-electron chi connectivity index (χ2n) is 5.07. The number of carbonyl (C=O) groups is 1. The highest BCUT2D eigenvalue weighted by molar-refractivity contribution is 6.18. The van der Waals surface area contributed by atoms with Gasteiger partial charge in [-0.1, -0.05) is 0 Å². The van der Waals surface area contributed by atoms with Crippen molar-refractivity contribution in [1.82, 2.24) is 0 Å². The number of methoxy groups -OCH3 is 1. The lowest BCUT2D eigenvalue weighted by molar-refractivity contribution is 0.211. The van der Waals surface area contributed by atoms with E-state index >= 15 is 0 Å². The second kappa shape index (κ2) is 9.00. The molecule has 4 N–H and O–H groups in total. The van der Waals surface area contributed by atoms with Gasteiger partial charge in [-0.2, -0.15) is 0 Å². The molecule has 0 heterocycles. The summed E-state index contributed by atoms with van der Waals surface area (Å²) in [4.78, 5) is 12.0. The predicted octanol–water partition coefficient (Wildman–Crippen LogP) is 3.35. The monoisotopic (exact) mass is 349 g/mol. The zero-order chi connectivity index (χ0) is 17.4. The number of rotatable bonds is 7. The van der Waals surface area contributed by atoms with E-state index in [1.807, 2.05) is 12.1 Å². The summed E-state index contributed by atoms with van der Waals surface area (Å²) in [6.45, 7) is 0.369. The Bertz CT molecular complexity index is 647. The number of aliphatic hydroxyl groups excluding tert-OH is 1. The van der Waals surface area contributed by atoms with Gasteiger partial charge in [-0.3, -0.25) is 0 Å². The Balaban J connectivity index is 1.84. The standard InChI is InChI=1S/C17H20ClN3O3/c1-24-16-8-6-14(7-9-16)21-17(23)20-13-4-2-12(3-5-13)19-11-15(22)10-18/h2-9,15,19,22H,10-11H2,1H3,(H2,20,21,23). The molecule has 2 aromatic carbocycles. The Morgan fingerprint density at radius 1 is 1.04 bits per heavy atom. The van der Waals surface area contributed by atoms with Crippen LogP contribution in [0.4, 0.5) is 21.9 Å². The molecule has 0 radical (unpaired) electrons. The van der Waals surface area contributed by atoms with Crippen molar-refractivity contribution < 1.29 is 14.6 Å². The molecule has 2 amide bonds. The van der Waals surface area contributed by atoms with Crippen molar-refractivity contribution in [1.29, 1.82) is 0 Å². The van der Waals surface area contributed by atoms with Crippen LogP contribution in [0.15, 0.2) is 48.5 Å². The van der Waals surface area contributed by atoms with Crippen molar-refractivity contribution in [2.45, 2.75) is 6.10 Å². The first-order chi connectivity index (χ1) is 11.6. The molecule has 7 heteroatoms. The number of alkyl halides is 1. The van der Waals surface area contributed by atoms with E-state index in [1.165, 1.54) is 0 Å². The van der Waals surface area contributed by atoms with Crippen LogP contribution in [-0.4, -0.2) is 36.8 Å². The molecule has 0 aliphatic heterocycles. The Kier molecular flexibility index (Phi) is 6.72. The summed E-state index contributed by atoms with van der Waals surface area (Å²) in [5.74, 6) is 0.904. The Labute approximate surface area is 145 Å². The van der Waals surface area contributed by atoms with E-state index in [-0.39, 0.29) is 11.9 Å². The second-order valence-corrected chi connectivity index (χ2v) is 5.38. The SMILES string of the molecule is COc1ccc(NC(=O)Nc2ccc(NCC(O)CCl)cc2)cc1. The van der Waals surface area contributed by atoms with Crippen LogP contribution in [0.1, 0.15) is 0 Å². The van der Waals surface area contributed by atoms with Gasteiger partial charge < -0.3 is 25.8 Å². The van der Waals surface area contributed by atoms with Crippen LogP contribution < -0.4 is 20.7 Å². The molecule has 0 aliphatic carbocycles. The summed E-state index contributed by atoms with van der Waals surface area (Å²) >= 11 is 5.53. The van der Waals surface area contributed by atoms with E-state index < -0.39 is 6.10 Å². The lowest BCUT2D eigenvalue weighted by Gasteiger charge is -2.11. The molecule has 0 bridgehead atoms. The first kappa shape index (κ1) is 17.9. The maximum atomic E-state index is 12.0. The molecular formula is C17H20ClN3O3. The average Bonchev–Trinajstić information content (AvgIpc) is 2.61. The molecule has 128 valence electrons. The Morgan fingerprint density at radius 3 is 2.04 bits per heavy atom. The third kappa shape index (κ3) is 5.64. The van der Waals surface area contributed by atoms with Crippen molar-refractivity contribution in [3.63, 3.8) is 0 Å². The fraction of sp³-hybridized carbons (Fsp3) is 0.235. The van der Waals surface area contributed by atoms with Crippen LogP contribution in [-0.2, 0) is 0 Å². The van der Waals surface area contributed by atoms with E-state index in [9.17, 15) is 9.90 Å². The third-order valence-corrected chi connectivity index (χ3v) is 3.57. The molecule has 0 spiro atoms. The molecule has 0 fully saturated rings. The molecule has 0 aliphatic rings. The summed E-state index contributed by atoms with van der Waals surface area (Å²) in [5, 5.41) is 17.9. The number of carbonyl (C=O) groups excluding carboxylic acids is 1. The molecule has 1 unspecified atom stereocenters. The summed E-state index contributed by atoms with van der Waals surface area (Å²) in [7, 11) is 1.59. The van der Waals surface area contributed by atoms with Crippen molar-refractivity contribution in [3.05, 3.63) is 48.5 Å². The van der Waals surface area contributed by atoms with Crippen molar-refractivity contribution in [2.24, 2.45) is 0 Å². The maximum Gasteiger partial charge on any atom is 0.323 e. The van der Waals surface area contributed by atoms with E-state index in [2.05, 4.69) is 16.0 Å². The number of hydrogen-bond donors (Lipinski definition) is 4.